The van der Waals surface area contributed by atoms with E-state index in [-0.39, 0.29) is 0 Å². The fourth-order valence-corrected chi connectivity index (χ4v) is 4.22. The summed E-state index contributed by atoms with van der Waals surface area (Å²) >= 11 is 3.89. The van der Waals surface area contributed by atoms with Gasteiger partial charge in [0.15, 0.2) is 0 Å². The largest absolute Gasteiger partial charge is 0.271 e. The second kappa shape index (κ2) is 4.66. The van der Waals surface area contributed by atoms with Gasteiger partial charge in [-0.05, 0) is 42.9 Å². The summed E-state index contributed by atoms with van der Waals surface area (Å²) in [5.74, 6) is 8.88. The van der Waals surface area contributed by atoms with Crippen LogP contribution in [0.2, 0.25) is 0 Å². The van der Waals surface area contributed by atoms with Crippen LogP contribution < -0.4 is 11.3 Å². The first-order valence-corrected chi connectivity index (χ1v) is 6.88. The number of nitrogens with two attached hydrogens (primary N) is 1. The zero-order valence-electron chi connectivity index (χ0n) is 8.32. The summed E-state index contributed by atoms with van der Waals surface area (Å²) in [4.78, 5) is 2.75. The van der Waals surface area contributed by atoms with Crippen molar-refractivity contribution in [3.63, 3.8) is 0 Å². The van der Waals surface area contributed by atoms with Crippen molar-refractivity contribution in [1.29, 1.82) is 0 Å². The van der Waals surface area contributed by atoms with E-state index >= 15 is 0 Å². The van der Waals surface area contributed by atoms with Gasteiger partial charge >= 0.3 is 0 Å². The number of thioether (sulfide) groups is 1. The smallest absolute Gasteiger partial charge is 0.0589 e. The normalized spacial score (nSPS) is 24.0. The summed E-state index contributed by atoms with van der Waals surface area (Å²) in [5, 5.41) is 0. The van der Waals surface area contributed by atoms with Gasteiger partial charge in [0.1, 0.15) is 0 Å². The van der Waals surface area contributed by atoms with Crippen LogP contribution in [0.5, 0.6) is 0 Å². The van der Waals surface area contributed by atoms with Crippen LogP contribution in [0.4, 0.5) is 0 Å². The molecule has 2 nitrogen and oxygen atoms in total. The Morgan fingerprint density at radius 3 is 2.93 bits per heavy atom. The van der Waals surface area contributed by atoms with E-state index in [9.17, 15) is 0 Å². The molecule has 0 radical (unpaired) electrons. The molecule has 1 aliphatic heterocycles. The van der Waals surface area contributed by atoms with Crippen molar-refractivity contribution in [2.45, 2.75) is 19.4 Å². The summed E-state index contributed by atoms with van der Waals surface area (Å²) in [7, 11) is 0. The maximum atomic E-state index is 5.64. The van der Waals surface area contributed by atoms with E-state index in [0.29, 0.717) is 12.0 Å². The topological polar surface area (TPSA) is 38.0 Å². The molecule has 2 rings (SSSR count). The third kappa shape index (κ3) is 2.14. The lowest BCUT2D eigenvalue weighted by Gasteiger charge is -2.20. The molecule has 2 heterocycles. The van der Waals surface area contributed by atoms with Gasteiger partial charge in [0.25, 0.3) is 0 Å². The van der Waals surface area contributed by atoms with Crippen LogP contribution in [-0.2, 0) is 0 Å². The van der Waals surface area contributed by atoms with Crippen LogP contribution in [0.25, 0.3) is 0 Å². The minimum absolute atomic E-state index is 0.365. The first-order chi connectivity index (χ1) is 6.81. The SMILES string of the molecule is Cc1ccc(C(NN)C2CCSC2)s1. The molecule has 1 saturated heterocycles. The van der Waals surface area contributed by atoms with Crippen molar-refractivity contribution in [1.82, 2.24) is 5.43 Å². The fraction of sp³-hybridized carbons (Fsp3) is 0.600. The number of hydrogen-bond donors (Lipinski definition) is 2. The molecule has 1 aromatic heterocycles. The van der Waals surface area contributed by atoms with Gasteiger partial charge in [0, 0.05) is 9.75 Å². The van der Waals surface area contributed by atoms with E-state index in [2.05, 4.69) is 24.5 Å². The van der Waals surface area contributed by atoms with E-state index in [1.165, 1.54) is 27.7 Å². The van der Waals surface area contributed by atoms with Gasteiger partial charge in [0.2, 0.25) is 0 Å². The van der Waals surface area contributed by atoms with Crippen LogP contribution >= 0.6 is 23.1 Å². The average Bonchev–Trinajstić information content (AvgIpc) is 2.79. The zero-order valence-corrected chi connectivity index (χ0v) is 9.96. The third-order valence-electron chi connectivity index (χ3n) is 2.68. The minimum atomic E-state index is 0.365. The van der Waals surface area contributed by atoms with Gasteiger partial charge in [-0.25, -0.2) is 0 Å². The Morgan fingerprint density at radius 2 is 2.43 bits per heavy atom. The van der Waals surface area contributed by atoms with E-state index in [0.717, 1.165) is 0 Å². The van der Waals surface area contributed by atoms with Crippen molar-refractivity contribution in [2.75, 3.05) is 11.5 Å². The third-order valence-corrected chi connectivity index (χ3v) is 4.96. The molecular weight excluding hydrogens is 212 g/mol. The van der Waals surface area contributed by atoms with Crippen LogP contribution in [0.3, 0.4) is 0 Å². The van der Waals surface area contributed by atoms with Crippen LogP contribution in [0.1, 0.15) is 22.2 Å². The predicted molar refractivity (Wildman–Crippen MR) is 64.6 cm³/mol. The highest BCUT2D eigenvalue weighted by Gasteiger charge is 2.26. The summed E-state index contributed by atoms with van der Waals surface area (Å²) in [6.07, 6.45) is 1.29. The Labute approximate surface area is 93.2 Å². The number of thiophene rings is 1. The van der Waals surface area contributed by atoms with Crippen LogP contribution in [0.15, 0.2) is 12.1 Å². The van der Waals surface area contributed by atoms with Gasteiger partial charge in [-0.3, -0.25) is 11.3 Å². The van der Waals surface area contributed by atoms with E-state index in [1.807, 2.05) is 23.1 Å². The second-order valence-corrected chi connectivity index (χ2v) is 6.19. The number of hydrogen-bond acceptors (Lipinski definition) is 4. The van der Waals surface area contributed by atoms with E-state index in [4.69, 9.17) is 5.84 Å². The lowest BCUT2D eigenvalue weighted by atomic mass is 9.98. The molecule has 14 heavy (non-hydrogen) atoms. The Bertz CT molecular complexity index is 292. The summed E-state index contributed by atoms with van der Waals surface area (Å²) in [6.45, 7) is 2.14. The molecule has 4 heteroatoms. The molecule has 1 aliphatic rings. The zero-order chi connectivity index (χ0) is 9.97. The summed E-state index contributed by atoms with van der Waals surface area (Å²) in [6, 6.07) is 4.74. The van der Waals surface area contributed by atoms with E-state index < -0.39 is 0 Å². The predicted octanol–water partition coefficient (Wildman–Crippen LogP) is 2.31. The number of hydrazine groups is 1. The molecule has 0 amide bonds. The fourth-order valence-electron chi connectivity index (χ4n) is 1.89. The summed E-state index contributed by atoms with van der Waals surface area (Å²) < 4.78 is 0. The van der Waals surface area contributed by atoms with Crippen molar-refractivity contribution in [2.24, 2.45) is 11.8 Å². The molecule has 0 saturated carbocycles. The summed E-state index contributed by atoms with van der Waals surface area (Å²) in [5.41, 5.74) is 2.97. The molecule has 78 valence electrons. The maximum Gasteiger partial charge on any atom is 0.0589 e. The highest BCUT2D eigenvalue weighted by atomic mass is 32.2. The second-order valence-electron chi connectivity index (χ2n) is 3.72. The molecule has 0 aliphatic carbocycles. The standard InChI is InChI=1S/C10H16N2S2/c1-7-2-3-9(14-7)10(12-11)8-4-5-13-6-8/h2-3,8,10,12H,4-6,11H2,1H3. The minimum Gasteiger partial charge on any atom is -0.271 e. The van der Waals surface area contributed by atoms with Crippen molar-refractivity contribution in [3.05, 3.63) is 21.9 Å². The highest BCUT2D eigenvalue weighted by Crippen LogP contribution is 2.36. The molecule has 3 N–H and O–H groups in total. The molecular formula is C10H16N2S2. The van der Waals surface area contributed by atoms with Gasteiger partial charge < -0.3 is 0 Å². The Balaban J connectivity index is 2.12. The lowest BCUT2D eigenvalue weighted by molar-refractivity contribution is 0.406. The van der Waals surface area contributed by atoms with Crippen molar-refractivity contribution < 1.29 is 0 Å². The molecule has 1 fully saturated rings. The Morgan fingerprint density at radius 1 is 1.57 bits per heavy atom. The van der Waals surface area contributed by atoms with Gasteiger partial charge in [0.05, 0.1) is 6.04 Å². The average molecular weight is 228 g/mol. The van der Waals surface area contributed by atoms with E-state index in [1.54, 1.807) is 0 Å². The molecule has 0 spiro atoms. The Hall–Kier alpha value is -0.0300. The van der Waals surface area contributed by atoms with Crippen LogP contribution in [-0.4, -0.2) is 11.5 Å². The van der Waals surface area contributed by atoms with Gasteiger partial charge in [-0.15, -0.1) is 11.3 Å². The number of aryl methyl sites for hydroxylation is 1. The quantitative estimate of drug-likeness (QED) is 0.616. The molecule has 0 bridgehead atoms. The molecule has 2 unspecified atom stereocenters. The van der Waals surface area contributed by atoms with Crippen molar-refractivity contribution in [3.8, 4) is 0 Å². The number of nitrogens with one attached hydrogen (secondary N) is 1. The lowest BCUT2D eigenvalue weighted by Crippen LogP contribution is -2.33. The molecule has 0 aromatic carbocycles. The maximum absolute atomic E-state index is 5.64. The molecule has 2 atom stereocenters. The highest BCUT2D eigenvalue weighted by molar-refractivity contribution is 7.99. The van der Waals surface area contributed by atoms with Crippen LogP contribution in [0, 0.1) is 12.8 Å². The Kier molecular flexibility index (Phi) is 3.49. The number of rotatable bonds is 3. The first-order valence-electron chi connectivity index (χ1n) is 4.91. The van der Waals surface area contributed by atoms with Gasteiger partial charge in [-0.2, -0.15) is 11.8 Å². The monoisotopic (exact) mass is 228 g/mol. The first kappa shape index (κ1) is 10.5. The molecule has 1 aromatic rings. The van der Waals surface area contributed by atoms with Gasteiger partial charge in [-0.1, -0.05) is 0 Å². The van der Waals surface area contributed by atoms with Crippen molar-refractivity contribution >= 4 is 23.1 Å².